The Morgan fingerprint density at radius 1 is 1.23 bits per heavy atom. The highest BCUT2D eigenvalue weighted by Crippen LogP contribution is 2.50. The smallest absolute Gasteiger partial charge is 0.399 e. The van der Waals surface area contributed by atoms with Gasteiger partial charge in [0.15, 0.2) is 6.29 Å². The Labute approximate surface area is 221 Å². The zero-order valence-corrected chi connectivity index (χ0v) is 20.8. The molecule has 0 spiro atoms. The molecule has 1 aromatic heterocycles. The maximum Gasteiger partial charge on any atom is 0.399 e. The molecule has 2 aliphatic rings. The maximum atomic E-state index is 13.9. The van der Waals surface area contributed by atoms with E-state index in [2.05, 4.69) is 5.32 Å². The Hall–Kier alpha value is -4.15. The number of rotatable bonds is 8. The number of benzene rings is 2. The lowest BCUT2D eigenvalue weighted by Gasteiger charge is -2.21. The minimum Gasteiger partial charge on any atom is -0.495 e. The summed E-state index contributed by atoms with van der Waals surface area (Å²) in [5.41, 5.74) is 7.21. The molecule has 3 N–H and O–H groups in total. The normalized spacial score (nSPS) is 17.2. The number of hydrogen-bond acceptors (Lipinski definition) is 6. The number of aldehydes is 1. The van der Waals surface area contributed by atoms with Crippen LogP contribution in [0.4, 0.5) is 23.2 Å². The third-order valence-electron chi connectivity index (χ3n) is 7.14. The summed E-state index contributed by atoms with van der Waals surface area (Å²) in [5.74, 6) is -2.89. The molecule has 5 rings (SSSR count). The van der Waals surface area contributed by atoms with Crippen molar-refractivity contribution in [3.63, 3.8) is 0 Å². The van der Waals surface area contributed by atoms with Crippen LogP contribution in [-0.2, 0) is 0 Å². The van der Waals surface area contributed by atoms with Gasteiger partial charge in [-0.3, -0.25) is 9.59 Å². The largest absolute Gasteiger partial charge is 0.495 e. The van der Waals surface area contributed by atoms with Gasteiger partial charge < -0.3 is 20.5 Å². The molecule has 7 nitrogen and oxygen atoms in total. The number of hydrogen-bond donors (Lipinski definition) is 2. The fourth-order valence-electron chi connectivity index (χ4n) is 4.87. The van der Waals surface area contributed by atoms with Gasteiger partial charge >= 0.3 is 6.18 Å². The van der Waals surface area contributed by atoms with E-state index in [0.717, 1.165) is 12.8 Å². The maximum absolute atomic E-state index is 13.9. The van der Waals surface area contributed by atoms with Crippen molar-refractivity contribution < 1.29 is 36.6 Å². The Balaban J connectivity index is 1.49. The van der Waals surface area contributed by atoms with Gasteiger partial charge in [0, 0.05) is 40.4 Å². The lowest BCUT2D eigenvalue weighted by atomic mass is 9.92. The number of alkyl halides is 3. The highest BCUT2D eigenvalue weighted by molar-refractivity contribution is 5.98. The van der Waals surface area contributed by atoms with Crippen LogP contribution in [0.5, 0.6) is 11.5 Å². The van der Waals surface area contributed by atoms with Crippen LogP contribution in [0.25, 0.3) is 11.3 Å². The first kappa shape index (κ1) is 26.5. The molecule has 1 aliphatic heterocycles. The average molecular weight is 544 g/mol. The number of nitrogens with two attached hydrogens (primary N) is 1. The third-order valence-corrected chi connectivity index (χ3v) is 7.14. The number of fused-ring (bicyclic) bond motifs is 1. The van der Waals surface area contributed by atoms with Crippen molar-refractivity contribution in [1.29, 1.82) is 0 Å². The Morgan fingerprint density at radius 2 is 1.95 bits per heavy atom. The summed E-state index contributed by atoms with van der Waals surface area (Å²) in [7, 11) is 1.36. The lowest BCUT2D eigenvalue weighted by molar-refractivity contribution is -0.151. The van der Waals surface area contributed by atoms with Crippen LogP contribution < -0.4 is 20.5 Å². The second kappa shape index (κ2) is 10.2. The molecule has 0 radical (unpaired) electrons. The van der Waals surface area contributed by atoms with Crippen molar-refractivity contribution in [2.75, 3.05) is 26.0 Å². The minimum atomic E-state index is -4.53. The highest BCUT2D eigenvalue weighted by Gasteiger charge is 2.47. The number of methoxy groups -OCH3 is 1. The third kappa shape index (κ3) is 5.25. The zero-order valence-electron chi connectivity index (χ0n) is 20.8. The number of ether oxygens (including phenoxy) is 2. The number of carbonyl (C=O) groups excluding carboxylic acids is 2. The van der Waals surface area contributed by atoms with Gasteiger partial charge in [0.1, 0.15) is 35.5 Å². The Morgan fingerprint density at radius 3 is 2.56 bits per heavy atom. The summed E-state index contributed by atoms with van der Waals surface area (Å²) in [6, 6.07) is 9.48. The summed E-state index contributed by atoms with van der Waals surface area (Å²) < 4.78 is 65.8. The molecular formula is C28H25F4N3O4. The van der Waals surface area contributed by atoms with Crippen LogP contribution in [0.2, 0.25) is 0 Å². The number of nitrogen functional groups attached to an aromatic ring is 1. The van der Waals surface area contributed by atoms with Gasteiger partial charge in [0.2, 0.25) is 0 Å². The van der Waals surface area contributed by atoms with Crippen LogP contribution in [0.3, 0.4) is 0 Å². The second-order valence-corrected chi connectivity index (χ2v) is 9.68. The molecule has 39 heavy (non-hydrogen) atoms. The van der Waals surface area contributed by atoms with Gasteiger partial charge in [-0.2, -0.15) is 13.2 Å². The van der Waals surface area contributed by atoms with Crippen molar-refractivity contribution in [2.24, 2.45) is 5.92 Å². The summed E-state index contributed by atoms with van der Waals surface area (Å²) in [6.45, 7) is -0.472. The summed E-state index contributed by atoms with van der Waals surface area (Å²) in [5, 5.41) is 2.82. The van der Waals surface area contributed by atoms with Gasteiger partial charge in [-0.25, -0.2) is 9.37 Å². The Kier molecular flexibility index (Phi) is 6.92. The molecule has 11 heteroatoms. The van der Waals surface area contributed by atoms with E-state index in [-0.39, 0.29) is 58.0 Å². The average Bonchev–Trinajstić information content (AvgIpc) is 3.65. The molecule has 1 aliphatic carbocycles. The quantitative estimate of drug-likeness (QED) is 0.229. The molecule has 1 fully saturated rings. The van der Waals surface area contributed by atoms with E-state index in [1.165, 1.54) is 49.6 Å². The van der Waals surface area contributed by atoms with Crippen molar-refractivity contribution in [1.82, 2.24) is 10.3 Å². The number of amides is 1. The van der Waals surface area contributed by atoms with Crippen molar-refractivity contribution >= 4 is 17.9 Å². The van der Waals surface area contributed by atoms with E-state index >= 15 is 0 Å². The van der Waals surface area contributed by atoms with Gasteiger partial charge in [-0.05, 0) is 61.2 Å². The molecule has 3 aromatic rings. The molecule has 1 amide bonds. The van der Waals surface area contributed by atoms with Crippen LogP contribution in [-0.4, -0.2) is 43.6 Å². The van der Waals surface area contributed by atoms with E-state index in [1.807, 2.05) is 0 Å². The van der Waals surface area contributed by atoms with E-state index in [9.17, 15) is 27.2 Å². The van der Waals surface area contributed by atoms with Crippen LogP contribution in [0.1, 0.15) is 56.7 Å². The number of pyridine rings is 1. The van der Waals surface area contributed by atoms with Crippen molar-refractivity contribution in [2.45, 2.75) is 30.9 Å². The molecular weight excluding hydrogens is 518 g/mol. The van der Waals surface area contributed by atoms with Crippen LogP contribution in [0.15, 0.2) is 42.5 Å². The zero-order chi connectivity index (χ0) is 27.9. The molecule has 204 valence electrons. The lowest BCUT2D eigenvalue weighted by Crippen LogP contribution is -2.30. The van der Waals surface area contributed by atoms with Gasteiger partial charge in [0.25, 0.3) is 5.91 Å². The van der Waals surface area contributed by atoms with Gasteiger partial charge in [-0.15, -0.1) is 0 Å². The van der Waals surface area contributed by atoms with E-state index in [4.69, 9.17) is 20.2 Å². The molecule has 1 saturated carbocycles. The second-order valence-electron chi connectivity index (χ2n) is 9.68. The number of nitrogens with zero attached hydrogens (tertiary/aromatic N) is 1. The highest BCUT2D eigenvalue weighted by atomic mass is 19.4. The summed E-state index contributed by atoms with van der Waals surface area (Å²) >= 11 is 0. The predicted octanol–water partition coefficient (Wildman–Crippen LogP) is 5.25. The summed E-state index contributed by atoms with van der Waals surface area (Å²) in [6.07, 6.45) is -2.35. The standard InChI is InChI=1S/C28H25F4N3O4/c1-38-23-9-16(8-17(12-36)24(23)33)27(37)34-11-20(14-2-3-14)22-10-19-21(28(30,31)32)13-39-26(19)25(35-22)15-4-6-18(29)7-5-15/h4-10,12,14,20-21H,2-3,11,13,33H2,1H3,(H,34,37)/t20-,21+/m0/s1. The molecule has 2 heterocycles. The SMILES string of the molecule is COc1cc(C(=O)NC[C@H](c2cc3c(c(-c4ccc(F)cc4)n2)OC[C@H]3C(F)(F)F)C2CC2)cc(C=O)c1N. The number of aromatic nitrogens is 1. The first-order chi connectivity index (χ1) is 18.6. The fraction of sp³-hybridized carbons (Fsp3) is 0.321. The molecule has 0 unspecified atom stereocenters. The van der Waals surface area contributed by atoms with Crippen molar-refractivity contribution in [3.8, 4) is 22.8 Å². The number of carbonyl (C=O) groups is 2. The number of anilines is 1. The number of nitrogens with one attached hydrogen (secondary N) is 1. The van der Waals surface area contributed by atoms with Gasteiger partial charge in [-0.1, -0.05) is 0 Å². The molecule has 2 aromatic carbocycles. The molecule has 0 saturated heterocycles. The summed E-state index contributed by atoms with van der Waals surface area (Å²) in [4.78, 5) is 29.1. The first-order valence-electron chi connectivity index (χ1n) is 12.3. The monoisotopic (exact) mass is 543 g/mol. The van der Waals surface area contributed by atoms with E-state index < -0.39 is 30.4 Å². The molecule has 2 atom stereocenters. The predicted molar refractivity (Wildman–Crippen MR) is 135 cm³/mol. The first-order valence-corrected chi connectivity index (χ1v) is 12.3. The van der Waals surface area contributed by atoms with Crippen LogP contribution >= 0.6 is 0 Å². The minimum absolute atomic E-state index is 0.0253. The van der Waals surface area contributed by atoms with Gasteiger partial charge in [0.05, 0.1) is 12.8 Å². The topological polar surface area (TPSA) is 104 Å². The van der Waals surface area contributed by atoms with Crippen molar-refractivity contribution in [3.05, 3.63) is 70.7 Å². The Bertz CT molecular complexity index is 1420. The fourth-order valence-corrected chi connectivity index (χ4v) is 4.87. The molecule has 0 bridgehead atoms. The number of halogens is 4. The van der Waals surface area contributed by atoms with E-state index in [1.54, 1.807) is 0 Å². The van der Waals surface area contributed by atoms with Crippen LogP contribution in [0, 0.1) is 11.7 Å². The van der Waals surface area contributed by atoms with E-state index in [0.29, 0.717) is 17.5 Å².